The Bertz CT molecular complexity index is 1730. The van der Waals surface area contributed by atoms with E-state index in [2.05, 4.69) is 4.98 Å². The van der Waals surface area contributed by atoms with Gasteiger partial charge >= 0.3 is 0 Å². The molecule has 0 bridgehead atoms. The summed E-state index contributed by atoms with van der Waals surface area (Å²) in [5.41, 5.74) is 5.10. The fourth-order valence-electron chi connectivity index (χ4n) is 4.60. The first-order chi connectivity index (χ1) is 18.5. The summed E-state index contributed by atoms with van der Waals surface area (Å²) < 4.78 is 27.7. The quantitative estimate of drug-likeness (QED) is 0.347. The largest absolute Gasteiger partial charge is 0.367 e. The third kappa shape index (κ3) is 4.90. The van der Waals surface area contributed by atoms with Gasteiger partial charge in [0.2, 0.25) is 0 Å². The molecule has 2 N–H and O–H groups in total. The zero-order valence-corrected chi connectivity index (χ0v) is 23.5. The normalized spacial score (nSPS) is 17.4. The van der Waals surface area contributed by atoms with Crippen molar-refractivity contribution in [3.8, 4) is 11.3 Å². The van der Waals surface area contributed by atoms with E-state index in [0.29, 0.717) is 20.4 Å². The Balaban J connectivity index is 0.00000370. The predicted octanol–water partition coefficient (Wildman–Crippen LogP) is 3.89. The summed E-state index contributed by atoms with van der Waals surface area (Å²) in [6.45, 7) is 0.594. The highest BCUT2D eigenvalue weighted by Crippen LogP contribution is 2.31. The van der Waals surface area contributed by atoms with Crippen molar-refractivity contribution in [1.82, 2.24) is 14.2 Å². The first-order valence-electron chi connectivity index (χ1n) is 11.9. The lowest BCUT2D eigenvalue weighted by atomic mass is 9.94. The molecule has 5 rings (SSSR count). The van der Waals surface area contributed by atoms with Crippen molar-refractivity contribution in [1.29, 1.82) is 0 Å². The van der Waals surface area contributed by atoms with Crippen LogP contribution in [0.15, 0.2) is 90.0 Å². The maximum Gasteiger partial charge on any atom is 0.271 e. The van der Waals surface area contributed by atoms with Crippen LogP contribution in [0.3, 0.4) is 0 Å². The molecule has 0 saturated carbocycles. The molecule has 1 fully saturated rings. The van der Waals surface area contributed by atoms with Crippen LogP contribution in [-0.2, 0) is 19.6 Å². The number of rotatable bonds is 5. The molecule has 1 saturated heterocycles. The number of hydrogen-bond donors (Lipinski definition) is 1. The lowest BCUT2D eigenvalue weighted by Gasteiger charge is -2.45. The first-order valence-corrected chi connectivity index (χ1v) is 13.7. The highest BCUT2D eigenvalue weighted by atomic mass is 35.5. The number of aromatic nitrogens is 1. The third-order valence-corrected chi connectivity index (χ3v) is 8.90. The van der Waals surface area contributed by atoms with Crippen LogP contribution in [0.1, 0.15) is 17.3 Å². The van der Waals surface area contributed by atoms with Gasteiger partial charge < -0.3 is 10.6 Å². The second-order valence-electron chi connectivity index (χ2n) is 9.22. The molecule has 1 aliphatic heterocycles. The second kappa shape index (κ2) is 10.9. The monoisotopic (exact) mass is 598 g/mol. The topological polar surface area (TPSA) is 131 Å². The van der Waals surface area contributed by atoms with E-state index in [1.165, 1.54) is 19.1 Å². The molecular weight excluding hydrogens is 575 g/mol. The number of sulfonamides is 1. The summed E-state index contributed by atoms with van der Waals surface area (Å²) in [7, 11) is -4.37. The highest BCUT2D eigenvalue weighted by Gasteiger charge is 2.55. The molecule has 9 nitrogen and oxygen atoms in total. The Hall–Kier alpha value is -3.99. The van der Waals surface area contributed by atoms with Crippen molar-refractivity contribution < 1.29 is 22.8 Å². The molecule has 4 aromatic rings. The lowest BCUT2D eigenvalue weighted by molar-refractivity contribution is -0.149. The summed E-state index contributed by atoms with van der Waals surface area (Å²) in [5, 5.41) is 1.82. The average Bonchev–Trinajstić information content (AvgIpc) is 2.94. The Morgan fingerprint density at radius 3 is 2.27 bits per heavy atom. The van der Waals surface area contributed by atoms with Crippen LogP contribution >= 0.6 is 24.0 Å². The molecule has 3 aromatic carbocycles. The first kappa shape index (κ1) is 29.0. The van der Waals surface area contributed by atoms with Crippen molar-refractivity contribution in [2.45, 2.75) is 17.4 Å². The predicted molar refractivity (Wildman–Crippen MR) is 153 cm³/mol. The number of benzene rings is 3. The molecule has 1 atom stereocenters. The lowest BCUT2D eigenvalue weighted by Crippen LogP contribution is -2.71. The van der Waals surface area contributed by atoms with E-state index in [0.717, 1.165) is 15.8 Å². The third-order valence-electron chi connectivity index (χ3n) is 6.89. The van der Waals surface area contributed by atoms with Gasteiger partial charge in [0, 0.05) is 28.9 Å². The van der Waals surface area contributed by atoms with Gasteiger partial charge in [0.05, 0.1) is 17.1 Å². The molecule has 0 spiro atoms. The SMILES string of the molecule is CC1(C(N)=O)C(=O)N(S(=O)(=O)c2ccc3cc(Cl)ccc3c2)CCN1C(=O)c1ccc(-c2ccccn2)cc1.Cl. The van der Waals surface area contributed by atoms with Gasteiger partial charge in [-0.3, -0.25) is 19.4 Å². The van der Waals surface area contributed by atoms with Crippen LogP contribution in [-0.4, -0.2) is 59.0 Å². The summed E-state index contributed by atoms with van der Waals surface area (Å²) >= 11 is 6.02. The van der Waals surface area contributed by atoms with Gasteiger partial charge in [0.15, 0.2) is 5.54 Å². The van der Waals surface area contributed by atoms with Crippen LogP contribution in [0.4, 0.5) is 0 Å². The van der Waals surface area contributed by atoms with Gasteiger partial charge in [-0.25, -0.2) is 12.7 Å². The van der Waals surface area contributed by atoms with E-state index >= 15 is 0 Å². The van der Waals surface area contributed by atoms with Gasteiger partial charge in [-0.15, -0.1) is 12.4 Å². The molecule has 1 aromatic heterocycles. The van der Waals surface area contributed by atoms with Gasteiger partial charge in [-0.1, -0.05) is 41.9 Å². The number of carbonyl (C=O) groups excluding carboxylic acids is 3. The molecule has 40 heavy (non-hydrogen) atoms. The van der Waals surface area contributed by atoms with E-state index in [1.54, 1.807) is 60.8 Å². The number of halogens is 2. The fraction of sp³-hybridized carbons (Fsp3) is 0.143. The average molecular weight is 599 g/mol. The summed E-state index contributed by atoms with van der Waals surface area (Å²) in [4.78, 5) is 44.9. The minimum absolute atomic E-state index is 0. The Morgan fingerprint density at radius 2 is 1.62 bits per heavy atom. The number of nitrogens with two attached hydrogens (primary N) is 1. The maximum atomic E-state index is 13.6. The van der Waals surface area contributed by atoms with Crippen molar-refractivity contribution in [2.24, 2.45) is 5.73 Å². The number of hydrogen-bond acceptors (Lipinski definition) is 6. The molecule has 12 heteroatoms. The number of nitrogens with zero attached hydrogens (tertiary/aromatic N) is 3. The van der Waals surface area contributed by atoms with E-state index in [1.807, 2.05) is 12.1 Å². The Morgan fingerprint density at radius 1 is 0.950 bits per heavy atom. The van der Waals surface area contributed by atoms with Crippen molar-refractivity contribution in [3.05, 3.63) is 95.6 Å². The fourth-order valence-corrected chi connectivity index (χ4v) is 6.27. The van der Waals surface area contributed by atoms with Gasteiger partial charge in [-0.2, -0.15) is 0 Å². The second-order valence-corrected chi connectivity index (χ2v) is 11.5. The van der Waals surface area contributed by atoms with Gasteiger partial charge in [0.1, 0.15) is 0 Å². The molecule has 2 heterocycles. The van der Waals surface area contributed by atoms with E-state index in [4.69, 9.17) is 17.3 Å². The van der Waals surface area contributed by atoms with Crippen LogP contribution in [0.5, 0.6) is 0 Å². The number of fused-ring (bicyclic) bond motifs is 1. The maximum absolute atomic E-state index is 13.6. The molecule has 1 aliphatic rings. The highest BCUT2D eigenvalue weighted by molar-refractivity contribution is 7.89. The number of primary amides is 1. The molecule has 0 aliphatic carbocycles. The van der Waals surface area contributed by atoms with Gasteiger partial charge in [-0.05, 0) is 66.2 Å². The van der Waals surface area contributed by atoms with Crippen molar-refractivity contribution >= 4 is 62.5 Å². The van der Waals surface area contributed by atoms with Crippen molar-refractivity contribution in [3.63, 3.8) is 0 Å². The molecule has 0 radical (unpaired) electrons. The van der Waals surface area contributed by atoms with E-state index in [9.17, 15) is 22.8 Å². The zero-order valence-electron chi connectivity index (χ0n) is 21.2. The number of carbonyl (C=O) groups is 3. The Labute approximate surface area is 242 Å². The van der Waals surface area contributed by atoms with Crippen LogP contribution in [0.2, 0.25) is 5.02 Å². The molecule has 1 unspecified atom stereocenters. The number of amides is 3. The Kier molecular flexibility index (Phi) is 7.89. The van der Waals surface area contributed by atoms with Gasteiger partial charge in [0.25, 0.3) is 27.7 Å². The van der Waals surface area contributed by atoms with Crippen LogP contribution in [0.25, 0.3) is 22.0 Å². The molecule has 206 valence electrons. The number of pyridine rings is 1. The summed E-state index contributed by atoms with van der Waals surface area (Å²) in [5.74, 6) is -2.87. The number of piperazine rings is 1. The molecule has 3 amide bonds. The molecular formula is C28H24Cl2N4O5S. The zero-order chi connectivity index (χ0) is 27.9. The minimum atomic E-state index is -4.37. The standard InChI is InChI=1S/C28H23ClN4O5S.ClH/c1-28(26(30)35)27(36)33(39(37,38)23-12-10-20-16-22(29)11-9-21(20)17-23)15-14-32(28)25(34)19-7-5-18(6-8-19)24-4-2-3-13-31-24;/h2-13,16-17H,14-15H2,1H3,(H2,30,35);1H. The minimum Gasteiger partial charge on any atom is -0.367 e. The smallest absolute Gasteiger partial charge is 0.271 e. The van der Waals surface area contributed by atoms with Crippen LogP contribution in [0, 0.1) is 0 Å². The van der Waals surface area contributed by atoms with E-state index < -0.39 is 33.3 Å². The summed E-state index contributed by atoms with van der Waals surface area (Å²) in [6.07, 6.45) is 1.65. The van der Waals surface area contributed by atoms with E-state index in [-0.39, 0.29) is 36.0 Å². The van der Waals surface area contributed by atoms with Crippen LogP contribution < -0.4 is 5.73 Å². The van der Waals surface area contributed by atoms with Crippen molar-refractivity contribution in [2.75, 3.05) is 13.1 Å². The summed E-state index contributed by atoms with van der Waals surface area (Å²) in [6, 6.07) is 21.3.